The van der Waals surface area contributed by atoms with Gasteiger partial charge in [0.15, 0.2) is 0 Å². The summed E-state index contributed by atoms with van der Waals surface area (Å²) >= 11 is 1.35. The van der Waals surface area contributed by atoms with Crippen LogP contribution in [0.4, 0.5) is 0 Å². The minimum atomic E-state index is -1.01. The van der Waals surface area contributed by atoms with Crippen LogP contribution in [0.15, 0.2) is 28.8 Å². The Bertz CT molecular complexity index is 583. The number of carbonyl (C=O) groups is 1. The third-order valence-corrected chi connectivity index (χ3v) is 3.66. The predicted octanol–water partition coefficient (Wildman–Crippen LogP) is 1.69. The van der Waals surface area contributed by atoms with E-state index in [0.717, 1.165) is 11.1 Å². The van der Waals surface area contributed by atoms with Crippen LogP contribution in [0.5, 0.6) is 0 Å². The Hall–Kier alpha value is -1.86. The number of nitrogens with two attached hydrogens (primary N) is 1. The van der Waals surface area contributed by atoms with Gasteiger partial charge >= 0.3 is 5.97 Å². The second-order valence-electron chi connectivity index (χ2n) is 4.34. The number of carboxylic acids is 1. The first-order chi connectivity index (χ1) is 9.56. The lowest BCUT2D eigenvalue weighted by molar-refractivity contribution is -0.137. The zero-order valence-electron chi connectivity index (χ0n) is 10.9. The monoisotopic (exact) mass is 293 g/mol. The molecule has 1 aromatic carbocycles. The smallest absolute Gasteiger partial charge is 0.321 e. The van der Waals surface area contributed by atoms with E-state index in [4.69, 9.17) is 15.4 Å². The topological polar surface area (TPSA) is 102 Å². The van der Waals surface area contributed by atoms with Crippen LogP contribution < -0.4 is 5.73 Å². The third kappa shape index (κ3) is 3.82. The quantitative estimate of drug-likeness (QED) is 0.835. The van der Waals surface area contributed by atoms with Gasteiger partial charge in [-0.3, -0.25) is 4.79 Å². The van der Waals surface area contributed by atoms with Crippen molar-refractivity contribution in [1.29, 1.82) is 0 Å². The molecule has 106 valence electrons. The fraction of sp³-hybridized carbons (Fsp3) is 0.308. The molecule has 0 aliphatic carbocycles. The number of aliphatic carboxylic acids is 1. The fourth-order valence-electron chi connectivity index (χ4n) is 1.48. The van der Waals surface area contributed by atoms with Crippen molar-refractivity contribution in [2.24, 2.45) is 5.73 Å². The number of nitrogens with zero attached hydrogens (tertiary/aromatic N) is 2. The molecule has 0 unspecified atom stereocenters. The Morgan fingerprint density at radius 2 is 2.15 bits per heavy atom. The highest BCUT2D eigenvalue weighted by Gasteiger charge is 2.13. The third-order valence-electron chi connectivity index (χ3n) is 2.62. The Morgan fingerprint density at radius 3 is 2.80 bits per heavy atom. The molecule has 2 aromatic rings. The molecule has 0 aliphatic heterocycles. The lowest BCUT2D eigenvalue weighted by atomic mass is 10.1. The molecule has 1 aromatic heterocycles. The van der Waals surface area contributed by atoms with Crippen molar-refractivity contribution in [2.45, 2.75) is 18.7 Å². The lowest BCUT2D eigenvalue weighted by Crippen LogP contribution is -2.32. The van der Waals surface area contributed by atoms with E-state index in [2.05, 4.69) is 10.1 Å². The van der Waals surface area contributed by atoms with Crippen molar-refractivity contribution < 1.29 is 14.4 Å². The number of hydrogen-bond donors (Lipinski definition) is 2. The Balaban J connectivity index is 1.92. The molecule has 0 aliphatic rings. The maximum Gasteiger partial charge on any atom is 0.321 e. The molecule has 0 fully saturated rings. The van der Waals surface area contributed by atoms with E-state index in [1.54, 1.807) is 0 Å². The van der Waals surface area contributed by atoms with E-state index in [1.807, 2.05) is 31.2 Å². The summed E-state index contributed by atoms with van der Waals surface area (Å²) in [7, 11) is 0. The molecule has 0 bridgehead atoms. The second kappa shape index (κ2) is 6.53. The number of aromatic nitrogens is 2. The average Bonchev–Trinajstić information content (AvgIpc) is 2.88. The molecular weight excluding hydrogens is 278 g/mol. The van der Waals surface area contributed by atoms with Crippen LogP contribution in [0, 0.1) is 6.92 Å². The van der Waals surface area contributed by atoms with E-state index in [-0.39, 0.29) is 0 Å². The second-order valence-corrected chi connectivity index (χ2v) is 5.37. The van der Waals surface area contributed by atoms with Crippen LogP contribution in [0.2, 0.25) is 0 Å². The summed E-state index contributed by atoms with van der Waals surface area (Å²) in [6.07, 6.45) is 0. The molecule has 6 nitrogen and oxygen atoms in total. The van der Waals surface area contributed by atoms with Crippen molar-refractivity contribution in [3.8, 4) is 11.4 Å². The first-order valence-corrected chi connectivity index (χ1v) is 7.17. The first kappa shape index (κ1) is 14.5. The SMILES string of the molecule is Cc1ccc(-c2noc(CSC[C@H](N)C(=O)O)n2)cc1. The molecule has 0 spiro atoms. The zero-order valence-corrected chi connectivity index (χ0v) is 11.8. The number of carboxylic acid groups (broad SMARTS) is 1. The Kier molecular flexibility index (Phi) is 4.75. The Labute approximate surface area is 120 Å². The Morgan fingerprint density at radius 1 is 1.45 bits per heavy atom. The van der Waals surface area contributed by atoms with Crippen LogP contribution >= 0.6 is 11.8 Å². The number of benzene rings is 1. The summed E-state index contributed by atoms with van der Waals surface area (Å²) < 4.78 is 5.12. The van der Waals surface area contributed by atoms with Crippen LogP contribution in [0.3, 0.4) is 0 Å². The van der Waals surface area contributed by atoms with E-state index in [1.165, 1.54) is 11.8 Å². The van der Waals surface area contributed by atoms with Crippen LogP contribution in [-0.4, -0.2) is 33.0 Å². The van der Waals surface area contributed by atoms with Gasteiger partial charge in [-0.05, 0) is 6.92 Å². The van der Waals surface area contributed by atoms with Crippen molar-refractivity contribution in [2.75, 3.05) is 5.75 Å². The standard InChI is InChI=1S/C13H15N3O3S/c1-8-2-4-9(5-3-8)12-15-11(19-16-12)7-20-6-10(14)13(17)18/h2-5,10H,6-7,14H2,1H3,(H,17,18)/t10-/m0/s1. The van der Waals surface area contributed by atoms with Crippen molar-refractivity contribution in [1.82, 2.24) is 10.1 Å². The summed E-state index contributed by atoms with van der Waals surface area (Å²) in [5.41, 5.74) is 7.45. The minimum absolute atomic E-state index is 0.303. The predicted molar refractivity (Wildman–Crippen MR) is 76.2 cm³/mol. The summed E-state index contributed by atoms with van der Waals surface area (Å²) in [5.74, 6) is 0.729. The molecule has 0 saturated carbocycles. The average molecular weight is 293 g/mol. The number of thioether (sulfide) groups is 1. The molecule has 0 amide bonds. The fourth-order valence-corrected chi connectivity index (χ4v) is 2.28. The van der Waals surface area contributed by atoms with Crippen LogP contribution in [-0.2, 0) is 10.5 Å². The van der Waals surface area contributed by atoms with E-state index < -0.39 is 12.0 Å². The molecule has 7 heteroatoms. The molecule has 0 saturated heterocycles. The summed E-state index contributed by atoms with van der Waals surface area (Å²) in [6.45, 7) is 2.01. The van der Waals surface area contributed by atoms with Gasteiger partial charge in [0.25, 0.3) is 0 Å². The van der Waals surface area contributed by atoms with Gasteiger partial charge in [-0.25, -0.2) is 0 Å². The largest absolute Gasteiger partial charge is 0.480 e. The highest BCUT2D eigenvalue weighted by molar-refractivity contribution is 7.98. The summed E-state index contributed by atoms with van der Waals surface area (Å²) in [6, 6.07) is 6.94. The number of hydrogen-bond acceptors (Lipinski definition) is 6. The van der Waals surface area contributed by atoms with Gasteiger partial charge in [0.2, 0.25) is 11.7 Å². The summed E-state index contributed by atoms with van der Waals surface area (Å²) in [5, 5.41) is 12.6. The first-order valence-electron chi connectivity index (χ1n) is 6.02. The van der Waals surface area contributed by atoms with Crippen molar-refractivity contribution in [3.63, 3.8) is 0 Å². The van der Waals surface area contributed by atoms with Gasteiger partial charge in [-0.2, -0.15) is 4.98 Å². The molecule has 20 heavy (non-hydrogen) atoms. The molecular formula is C13H15N3O3S. The summed E-state index contributed by atoms with van der Waals surface area (Å²) in [4.78, 5) is 14.8. The number of rotatable bonds is 6. The van der Waals surface area contributed by atoms with Gasteiger partial charge in [-0.15, -0.1) is 11.8 Å². The minimum Gasteiger partial charge on any atom is -0.480 e. The van der Waals surface area contributed by atoms with Crippen molar-refractivity contribution >= 4 is 17.7 Å². The molecule has 1 atom stereocenters. The van der Waals surface area contributed by atoms with Crippen LogP contribution in [0.1, 0.15) is 11.5 Å². The lowest BCUT2D eigenvalue weighted by Gasteiger charge is -2.03. The molecule has 2 rings (SSSR count). The molecule has 1 heterocycles. The van der Waals surface area contributed by atoms with E-state index >= 15 is 0 Å². The van der Waals surface area contributed by atoms with Gasteiger partial charge in [-0.1, -0.05) is 35.0 Å². The van der Waals surface area contributed by atoms with Crippen molar-refractivity contribution in [3.05, 3.63) is 35.7 Å². The molecule has 3 N–H and O–H groups in total. The van der Waals surface area contributed by atoms with Gasteiger partial charge in [0, 0.05) is 11.3 Å². The van der Waals surface area contributed by atoms with Gasteiger partial charge in [0.05, 0.1) is 5.75 Å². The van der Waals surface area contributed by atoms with E-state index in [0.29, 0.717) is 23.2 Å². The van der Waals surface area contributed by atoms with Gasteiger partial charge < -0.3 is 15.4 Å². The highest BCUT2D eigenvalue weighted by atomic mass is 32.2. The normalized spacial score (nSPS) is 12.3. The highest BCUT2D eigenvalue weighted by Crippen LogP contribution is 2.18. The molecule has 0 radical (unpaired) electrons. The van der Waals surface area contributed by atoms with Crippen LogP contribution in [0.25, 0.3) is 11.4 Å². The zero-order chi connectivity index (χ0) is 14.5. The van der Waals surface area contributed by atoms with Gasteiger partial charge in [0.1, 0.15) is 6.04 Å². The van der Waals surface area contributed by atoms with E-state index in [9.17, 15) is 4.79 Å². The maximum absolute atomic E-state index is 10.6. The number of aryl methyl sites for hydroxylation is 1. The maximum atomic E-state index is 10.6.